The van der Waals surface area contributed by atoms with E-state index in [0.717, 1.165) is 5.56 Å². The topological polar surface area (TPSA) is 70.1 Å². The fourth-order valence-corrected chi connectivity index (χ4v) is 2.09. The number of carbonyl (C=O) groups is 1. The number of nitrogen functional groups attached to an aromatic ring is 1. The zero-order chi connectivity index (χ0) is 14.7. The molecule has 0 saturated heterocycles. The van der Waals surface area contributed by atoms with Gasteiger partial charge in [-0.05, 0) is 31.9 Å². The number of benzene rings is 1. The van der Waals surface area contributed by atoms with Crippen LogP contribution in [0.2, 0.25) is 0 Å². The first-order valence-electron chi connectivity index (χ1n) is 6.58. The second kappa shape index (κ2) is 5.77. The van der Waals surface area contributed by atoms with Crippen molar-refractivity contribution in [1.29, 1.82) is 0 Å². The summed E-state index contributed by atoms with van der Waals surface area (Å²) in [5.41, 5.74) is 8.55. The van der Waals surface area contributed by atoms with Gasteiger partial charge in [0.1, 0.15) is 11.6 Å². The van der Waals surface area contributed by atoms with Gasteiger partial charge in [-0.15, -0.1) is 0 Å². The molecule has 0 radical (unpaired) electrons. The summed E-state index contributed by atoms with van der Waals surface area (Å²) in [6, 6.07) is 8.06. The first-order chi connectivity index (χ1) is 9.54. The Morgan fingerprint density at radius 3 is 2.70 bits per heavy atom. The number of hydrogen-bond donors (Lipinski definition) is 1. The van der Waals surface area contributed by atoms with Crippen molar-refractivity contribution in [2.75, 3.05) is 12.3 Å². The minimum atomic E-state index is -0.475. The van der Waals surface area contributed by atoms with Crippen molar-refractivity contribution < 1.29 is 9.53 Å². The van der Waals surface area contributed by atoms with Gasteiger partial charge in [-0.1, -0.05) is 24.3 Å². The molecule has 1 heterocycles. The normalized spacial score (nSPS) is 10.6. The molecule has 0 aliphatic rings. The maximum Gasteiger partial charge on any atom is 0.360 e. The maximum absolute atomic E-state index is 11.8. The van der Waals surface area contributed by atoms with E-state index in [9.17, 15) is 4.79 Å². The summed E-state index contributed by atoms with van der Waals surface area (Å²) in [5, 5.41) is 0. The van der Waals surface area contributed by atoms with Gasteiger partial charge in [-0.25, -0.2) is 9.78 Å². The van der Waals surface area contributed by atoms with Crippen LogP contribution in [0.5, 0.6) is 0 Å². The number of esters is 1. The van der Waals surface area contributed by atoms with Gasteiger partial charge in [0.25, 0.3) is 0 Å². The van der Waals surface area contributed by atoms with Gasteiger partial charge in [-0.2, -0.15) is 0 Å². The van der Waals surface area contributed by atoms with Crippen LogP contribution in [0.1, 0.15) is 34.4 Å². The number of nitrogens with zero attached hydrogens (tertiary/aromatic N) is 2. The molecular formula is C15H19N3O2. The number of anilines is 1. The quantitative estimate of drug-likeness (QED) is 0.868. The molecule has 5 heteroatoms. The highest BCUT2D eigenvalue weighted by Crippen LogP contribution is 2.18. The molecule has 2 N–H and O–H groups in total. The third kappa shape index (κ3) is 2.66. The molecule has 1 aromatic carbocycles. The standard InChI is InChI=1S/C15H19N3O2/c1-4-20-15(19)13-14(16)18(11(3)17-13)9-12-8-6-5-7-10(12)2/h5-8H,4,9,16H2,1-3H3. The Kier molecular flexibility index (Phi) is 4.08. The Bertz CT molecular complexity index is 632. The van der Waals surface area contributed by atoms with Gasteiger partial charge in [0, 0.05) is 0 Å². The van der Waals surface area contributed by atoms with E-state index in [0.29, 0.717) is 24.8 Å². The molecule has 0 spiro atoms. The van der Waals surface area contributed by atoms with E-state index in [-0.39, 0.29) is 5.69 Å². The summed E-state index contributed by atoms with van der Waals surface area (Å²) in [5.74, 6) is 0.578. The predicted octanol–water partition coefficient (Wildman–Crippen LogP) is 2.31. The number of aromatic nitrogens is 2. The van der Waals surface area contributed by atoms with Gasteiger partial charge in [0.15, 0.2) is 5.69 Å². The summed E-state index contributed by atoms with van der Waals surface area (Å²) in [6.07, 6.45) is 0. The van der Waals surface area contributed by atoms with E-state index in [1.54, 1.807) is 6.92 Å². The first-order valence-corrected chi connectivity index (χ1v) is 6.58. The van der Waals surface area contributed by atoms with E-state index >= 15 is 0 Å². The van der Waals surface area contributed by atoms with Gasteiger partial charge >= 0.3 is 5.97 Å². The van der Waals surface area contributed by atoms with Gasteiger partial charge in [0.05, 0.1) is 13.2 Å². The summed E-state index contributed by atoms with van der Waals surface area (Å²) in [4.78, 5) is 16.0. The van der Waals surface area contributed by atoms with Gasteiger partial charge < -0.3 is 15.0 Å². The Balaban J connectivity index is 2.34. The molecule has 0 fully saturated rings. The van der Waals surface area contributed by atoms with E-state index in [1.807, 2.05) is 42.7 Å². The molecule has 0 bridgehead atoms. The fourth-order valence-electron chi connectivity index (χ4n) is 2.09. The zero-order valence-electron chi connectivity index (χ0n) is 12.0. The number of imidazole rings is 1. The molecule has 20 heavy (non-hydrogen) atoms. The lowest BCUT2D eigenvalue weighted by molar-refractivity contribution is 0.0521. The van der Waals surface area contributed by atoms with E-state index < -0.39 is 5.97 Å². The summed E-state index contributed by atoms with van der Waals surface area (Å²) in [7, 11) is 0. The van der Waals surface area contributed by atoms with Crippen LogP contribution in [0.15, 0.2) is 24.3 Å². The molecule has 2 aromatic rings. The van der Waals surface area contributed by atoms with Crippen LogP contribution in [0.3, 0.4) is 0 Å². The summed E-state index contributed by atoms with van der Waals surface area (Å²) < 4.78 is 6.78. The molecule has 0 atom stereocenters. The summed E-state index contributed by atoms with van der Waals surface area (Å²) in [6.45, 7) is 6.53. The van der Waals surface area contributed by atoms with Crippen molar-refractivity contribution in [3.63, 3.8) is 0 Å². The highest BCUT2D eigenvalue weighted by Gasteiger charge is 2.19. The number of hydrogen-bond acceptors (Lipinski definition) is 4. The lowest BCUT2D eigenvalue weighted by atomic mass is 10.1. The predicted molar refractivity (Wildman–Crippen MR) is 77.6 cm³/mol. The SMILES string of the molecule is CCOC(=O)c1nc(C)n(Cc2ccccc2C)c1N. The highest BCUT2D eigenvalue weighted by molar-refractivity contribution is 5.92. The van der Waals surface area contributed by atoms with Crippen LogP contribution < -0.4 is 5.73 Å². The number of ether oxygens (including phenoxy) is 1. The Hall–Kier alpha value is -2.30. The number of aryl methyl sites for hydroxylation is 2. The average Bonchev–Trinajstić information content (AvgIpc) is 2.69. The smallest absolute Gasteiger partial charge is 0.360 e. The van der Waals surface area contributed by atoms with Crippen molar-refractivity contribution in [3.05, 3.63) is 46.9 Å². The largest absolute Gasteiger partial charge is 0.461 e. The molecule has 106 valence electrons. The Morgan fingerprint density at radius 1 is 1.35 bits per heavy atom. The minimum absolute atomic E-state index is 0.193. The molecule has 0 aliphatic heterocycles. The molecule has 0 unspecified atom stereocenters. The molecular weight excluding hydrogens is 254 g/mol. The second-order valence-corrected chi connectivity index (χ2v) is 4.63. The number of nitrogens with two attached hydrogens (primary N) is 1. The molecule has 0 saturated carbocycles. The third-order valence-electron chi connectivity index (χ3n) is 3.26. The maximum atomic E-state index is 11.8. The molecule has 2 rings (SSSR count). The molecule has 0 amide bonds. The highest BCUT2D eigenvalue weighted by atomic mass is 16.5. The minimum Gasteiger partial charge on any atom is -0.461 e. The first kappa shape index (κ1) is 14.1. The lowest BCUT2D eigenvalue weighted by Crippen LogP contribution is -2.11. The van der Waals surface area contributed by atoms with Crippen molar-refractivity contribution in [1.82, 2.24) is 9.55 Å². The summed E-state index contributed by atoms with van der Waals surface area (Å²) >= 11 is 0. The van der Waals surface area contributed by atoms with Gasteiger partial charge in [-0.3, -0.25) is 0 Å². The second-order valence-electron chi connectivity index (χ2n) is 4.63. The van der Waals surface area contributed by atoms with E-state index in [4.69, 9.17) is 10.5 Å². The molecule has 5 nitrogen and oxygen atoms in total. The van der Waals surface area contributed by atoms with Crippen LogP contribution in [-0.4, -0.2) is 22.1 Å². The van der Waals surface area contributed by atoms with Crippen LogP contribution in [0.25, 0.3) is 0 Å². The number of rotatable bonds is 4. The van der Waals surface area contributed by atoms with E-state index in [1.165, 1.54) is 5.56 Å². The van der Waals surface area contributed by atoms with Crippen molar-refractivity contribution in [2.24, 2.45) is 0 Å². The van der Waals surface area contributed by atoms with Crippen molar-refractivity contribution >= 4 is 11.8 Å². The lowest BCUT2D eigenvalue weighted by Gasteiger charge is -2.10. The van der Waals surface area contributed by atoms with Crippen LogP contribution in [-0.2, 0) is 11.3 Å². The van der Waals surface area contributed by atoms with Crippen molar-refractivity contribution in [2.45, 2.75) is 27.3 Å². The number of carbonyl (C=O) groups excluding carboxylic acids is 1. The van der Waals surface area contributed by atoms with E-state index in [2.05, 4.69) is 4.98 Å². The zero-order valence-corrected chi connectivity index (χ0v) is 12.0. The molecule has 0 aliphatic carbocycles. The average molecular weight is 273 g/mol. The van der Waals surface area contributed by atoms with Crippen LogP contribution in [0.4, 0.5) is 5.82 Å². The molecule has 1 aromatic heterocycles. The third-order valence-corrected chi connectivity index (χ3v) is 3.26. The Labute approximate surface area is 118 Å². The van der Waals surface area contributed by atoms with Crippen LogP contribution in [0, 0.1) is 13.8 Å². The van der Waals surface area contributed by atoms with Crippen molar-refractivity contribution in [3.8, 4) is 0 Å². The Morgan fingerprint density at radius 2 is 2.05 bits per heavy atom. The van der Waals surface area contributed by atoms with Crippen LogP contribution >= 0.6 is 0 Å². The fraction of sp³-hybridized carbons (Fsp3) is 0.333. The monoisotopic (exact) mass is 273 g/mol. The van der Waals surface area contributed by atoms with Gasteiger partial charge in [0.2, 0.25) is 0 Å².